The topological polar surface area (TPSA) is 12.0 Å². The number of nitrogens with one attached hydrogen (secondary N) is 1. The molecule has 0 saturated carbocycles. The van der Waals surface area contributed by atoms with Crippen molar-refractivity contribution < 1.29 is 4.39 Å². The fourth-order valence-corrected chi connectivity index (χ4v) is 2.90. The van der Waals surface area contributed by atoms with E-state index in [1.54, 1.807) is 19.2 Å². The van der Waals surface area contributed by atoms with Gasteiger partial charge in [-0.25, -0.2) is 4.39 Å². The molecule has 0 spiro atoms. The Morgan fingerprint density at radius 3 is 2.10 bits per heavy atom. The van der Waals surface area contributed by atoms with Gasteiger partial charge in [-0.15, -0.1) is 0 Å². The van der Waals surface area contributed by atoms with Gasteiger partial charge in [-0.3, -0.25) is 0 Å². The summed E-state index contributed by atoms with van der Waals surface area (Å²) in [5.74, 6) is -0.431. The molecule has 2 rings (SSSR count). The van der Waals surface area contributed by atoms with Crippen LogP contribution in [0.2, 0.25) is 20.1 Å². The quantitative estimate of drug-likeness (QED) is 0.685. The third-order valence-electron chi connectivity index (χ3n) is 2.80. The van der Waals surface area contributed by atoms with Crippen molar-refractivity contribution in [3.63, 3.8) is 0 Å². The summed E-state index contributed by atoms with van der Waals surface area (Å²) < 4.78 is 14.3. The first-order chi connectivity index (χ1) is 9.45. The van der Waals surface area contributed by atoms with Crippen molar-refractivity contribution in [3.8, 4) is 11.1 Å². The van der Waals surface area contributed by atoms with E-state index in [9.17, 15) is 4.39 Å². The molecule has 0 unspecified atom stereocenters. The van der Waals surface area contributed by atoms with Crippen LogP contribution in [0.1, 0.15) is 5.56 Å². The maximum absolute atomic E-state index is 14.3. The highest BCUT2D eigenvalue weighted by Gasteiger charge is 2.18. The summed E-state index contributed by atoms with van der Waals surface area (Å²) in [7, 11) is 1.79. The van der Waals surface area contributed by atoms with E-state index >= 15 is 0 Å². The SMILES string of the molecule is CNCc1ccc(-c2c(Cl)c(Cl)cc(Cl)c2Cl)c(F)c1. The number of hydrogen-bond acceptors (Lipinski definition) is 1. The summed E-state index contributed by atoms with van der Waals surface area (Å²) in [4.78, 5) is 0. The maximum Gasteiger partial charge on any atom is 0.131 e. The minimum atomic E-state index is -0.431. The van der Waals surface area contributed by atoms with Crippen molar-refractivity contribution in [3.05, 3.63) is 55.7 Å². The molecule has 20 heavy (non-hydrogen) atoms. The lowest BCUT2D eigenvalue weighted by Gasteiger charge is -2.12. The van der Waals surface area contributed by atoms with E-state index in [2.05, 4.69) is 5.32 Å². The van der Waals surface area contributed by atoms with Gasteiger partial charge in [0.1, 0.15) is 5.82 Å². The summed E-state index contributed by atoms with van der Waals surface area (Å²) in [5, 5.41) is 3.78. The molecule has 0 heterocycles. The highest BCUT2D eigenvalue weighted by atomic mass is 35.5. The van der Waals surface area contributed by atoms with E-state index in [1.165, 1.54) is 12.1 Å². The van der Waals surface area contributed by atoms with Gasteiger partial charge in [0.2, 0.25) is 0 Å². The van der Waals surface area contributed by atoms with Crippen molar-refractivity contribution in [2.45, 2.75) is 6.54 Å². The van der Waals surface area contributed by atoms with Crippen LogP contribution in [0, 0.1) is 5.82 Å². The average Bonchev–Trinajstić information content (AvgIpc) is 2.39. The van der Waals surface area contributed by atoms with Crippen LogP contribution in [-0.2, 0) is 6.54 Å². The van der Waals surface area contributed by atoms with Gasteiger partial charge in [0.05, 0.1) is 20.1 Å². The number of hydrogen-bond donors (Lipinski definition) is 1. The summed E-state index contributed by atoms with van der Waals surface area (Å²) in [5.41, 5.74) is 1.39. The normalized spacial score (nSPS) is 10.9. The van der Waals surface area contributed by atoms with Crippen LogP contribution in [-0.4, -0.2) is 7.05 Å². The zero-order valence-corrected chi connectivity index (χ0v) is 13.4. The first kappa shape index (κ1) is 15.9. The standard InChI is InChI=1S/C14H10Cl4FN/c1-20-6-7-2-3-8(11(19)4-7)12-13(17)9(15)5-10(16)14(12)18/h2-5,20H,6H2,1H3. The molecule has 106 valence electrons. The van der Waals surface area contributed by atoms with Crippen LogP contribution in [0.25, 0.3) is 11.1 Å². The number of rotatable bonds is 3. The van der Waals surface area contributed by atoms with Gasteiger partial charge in [0, 0.05) is 17.7 Å². The first-order valence-electron chi connectivity index (χ1n) is 5.72. The Morgan fingerprint density at radius 1 is 1.00 bits per heavy atom. The Morgan fingerprint density at radius 2 is 1.60 bits per heavy atom. The van der Waals surface area contributed by atoms with E-state index < -0.39 is 5.82 Å². The largest absolute Gasteiger partial charge is 0.316 e. The van der Waals surface area contributed by atoms with E-state index in [0.717, 1.165) is 5.56 Å². The minimum Gasteiger partial charge on any atom is -0.316 e. The second-order valence-corrected chi connectivity index (χ2v) is 5.76. The second-order valence-electron chi connectivity index (χ2n) is 4.19. The molecule has 0 bridgehead atoms. The van der Waals surface area contributed by atoms with Gasteiger partial charge in [-0.05, 0) is 24.7 Å². The number of halogens is 5. The molecule has 0 amide bonds. The Kier molecular flexibility index (Phi) is 5.16. The van der Waals surface area contributed by atoms with Crippen LogP contribution in [0.15, 0.2) is 24.3 Å². The second kappa shape index (κ2) is 6.50. The Balaban J connectivity index is 2.63. The lowest BCUT2D eigenvalue weighted by molar-refractivity contribution is 0.627. The van der Waals surface area contributed by atoms with Crippen molar-refractivity contribution in [1.29, 1.82) is 0 Å². The van der Waals surface area contributed by atoms with Crippen molar-refractivity contribution >= 4 is 46.4 Å². The van der Waals surface area contributed by atoms with Crippen molar-refractivity contribution in [2.24, 2.45) is 0 Å². The molecule has 2 aromatic carbocycles. The monoisotopic (exact) mass is 351 g/mol. The van der Waals surface area contributed by atoms with E-state index in [-0.39, 0.29) is 25.7 Å². The number of benzene rings is 2. The van der Waals surface area contributed by atoms with Gasteiger partial charge >= 0.3 is 0 Å². The maximum atomic E-state index is 14.3. The molecular weight excluding hydrogens is 343 g/mol. The van der Waals surface area contributed by atoms with Gasteiger partial charge in [0.25, 0.3) is 0 Å². The summed E-state index contributed by atoms with van der Waals surface area (Å²) in [6, 6.07) is 6.26. The molecule has 0 aliphatic heterocycles. The summed E-state index contributed by atoms with van der Waals surface area (Å²) in [6.45, 7) is 0.564. The fraction of sp³-hybridized carbons (Fsp3) is 0.143. The van der Waals surface area contributed by atoms with Gasteiger partial charge in [-0.2, -0.15) is 0 Å². The average molecular weight is 353 g/mol. The predicted octanol–water partition coefficient (Wildman–Crippen LogP) is 5.83. The van der Waals surface area contributed by atoms with E-state index in [0.29, 0.717) is 12.1 Å². The Hall–Kier alpha value is -0.510. The molecule has 0 fully saturated rings. The van der Waals surface area contributed by atoms with Crippen LogP contribution >= 0.6 is 46.4 Å². The molecule has 6 heteroatoms. The molecular formula is C14H10Cl4FN. The summed E-state index contributed by atoms with van der Waals surface area (Å²) >= 11 is 24.2. The molecule has 1 nitrogen and oxygen atoms in total. The molecule has 0 aromatic heterocycles. The molecule has 0 aliphatic rings. The van der Waals surface area contributed by atoms with Crippen LogP contribution in [0.4, 0.5) is 4.39 Å². The molecule has 0 saturated heterocycles. The van der Waals surface area contributed by atoms with Crippen LogP contribution < -0.4 is 5.32 Å². The van der Waals surface area contributed by atoms with Gasteiger partial charge in [-0.1, -0.05) is 58.5 Å². The van der Waals surface area contributed by atoms with E-state index in [4.69, 9.17) is 46.4 Å². The fourth-order valence-electron chi connectivity index (χ4n) is 1.89. The molecule has 0 atom stereocenters. The predicted molar refractivity (Wildman–Crippen MR) is 84.6 cm³/mol. The van der Waals surface area contributed by atoms with Crippen LogP contribution in [0.3, 0.4) is 0 Å². The Labute approximate surface area is 136 Å². The van der Waals surface area contributed by atoms with E-state index in [1.807, 2.05) is 0 Å². The summed E-state index contributed by atoms with van der Waals surface area (Å²) in [6.07, 6.45) is 0. The smallest absolute Gasteiger partial charge is 0.131 e. The lowest BCUT2D eigenvalue weighted by Crippen LogP contribution is -2.05. The third kappa shape index (κ3) is 3.05. The molecule has 1 N–H and O–H groups in total. The minimum absolute atomic E-state index is 0.182. The molecule has 2 aromatic rings. The van der Waals surface area contributed by atoms with Gasteiger partial charge in [0.15, 0.2) is 0 Å². The highest BCUT2D eigenvalue weighted by molar-refractivity contribution is 6.50. The highest BCUT2D eigenvalue weighted by Crippen LogP contribution is 2.44. The Bertz CT molecular complexity index is 632. The van der Waals surface area contributed by atoms with Crippen molar-refractivity contribution in [2.75, 3.05) is 7.05 Å². The lowest BCUT2D eigenvalue weighted by atomic mass is 10.0. The molecule has 0 aliphatic carbocycles. The first-order valence-corrected chi connectivity index (χ1v) is 7.23. The van der Waals surface area contributed by atoms with Crippen LogP contribution in [0.5, 0.6) is 0 Å². The molecule has 0 radical (unpaired) electrons. The van der Waals surface area contributed by atoms with Gasteiger partial charge < -0.3 is 5.32 Å². The third-order valence-corrected chi connectivity index (χ3v) is 4.37. The zero-order valence-electron chi connectivity index (χ0n) is 10.4. The van der Waals surface area contributed by atoms with Crippen molar-refractivity contribution in [1.82, 2.24) is 5.32 Å². The zero-order chi connectivity index (χ0) is 14.9.